The number of hydrogen-bond donors (Lipinski definition) is 1. The lowest BCUT2D eigenvalue weighted by atomic mass is 10.1. The molecule has 94 valence electrons. The van der Waals surface area contributed by atoms with Crippen LogP contribution in [-0.4, -0.2) is 37.9 Å². The van der Waals surface area contributed by atoms with E-state index in [4.69, 9.17) is 9.84 Å². The molecule has 1 aromatic carbocycles. The maximum atomic E-state index is 10.8. The summed E-state index contributed by atoms with van der Waals surface area (Å²) in [5.74, 6) is -0.530. The highest BCUT2D eigenvalue weighted by molar-refractivity contribution is 5.73. The second-order valence-electron chi connectivity index (χ2n) is 4.17. The van der Waals surface area contributed by atoms with Gasteiger partial charge in [0, 0.05) is 19.3 Å². The fourth-order valence-corrected chi connectivity index (χ4v) is 1.78. The number of carboxylic acid groups (broad SMARTS) is 1. The quantitative estimate of drug-likeness (QED) is 0.786. The van der Waals surface area contributed by atoms with E-state index < -0.39 is 5.97 Å². The van der Waals surface area contributed by atoms with Crippen molar-refractivity contribution in [2.45, 2.75) is 6.92 Å². The number of nitrogens with zero attached hydrogens (tertiary/aromatic N) is 1. The molecule has 1 rings (SSSR count). The summed E-state index contributed by atoms with van der Waals surface area (Å²) in [6, 6.07) is 9.57. The number of anilines is 1. The van der Waals surface area contributed by atoms with Crippen molar-refractivity contribution in [1.29, 1.82) is 0 Å². The normalized spacial score (nSPS) is 12.1. The minimum absolute atomic E-state index is 0.0120. The summed E-state index contributed by atoms with van der Waals surface area (Å²) in [5.41, 5.74) is 0.929. The molecular weight excluding hydrogens is 218 g/mol. The lowest BCUT2D eigenvalue weighted by molar-refractivity contribution is -0.135. The van der Waals surface area contributed by atoms with Crippen LogP contribution in [0.5, 0.6) is 0 Å². The second kappa shape index (κ2) is 6.91. The van der Waals surface area contributed by atoms with Crippen LogP contribution in [0.3, 0.4) is 0 Å². The number of aliphatic carboxylic acids is 1. The average Bonchev–Trinajstić information content (AvgIpc) is 2.29. The molecule has 0 amide bonds. The zero-order chi connectivity index (χ0) is 12.7. The van der Waals surface area contributed by atoms with Gasteiger partial charge < -0.3 is 14.7 Å². The maximum Gasteiger partial charge on any atom is 0.323 e. The molecule has 1 unspecified atom stereocenters. The van der Waals surface area contributed by atoms with Gasteiger partial charge in [0.1, 0.15) is 6.54 Å². The molecular formula is C13H19NO3. The average molecular weight is 237 g/mol. The summed E-state index contributed by atoms with van der Waals surface area (Å²) in [6.07, 6.45) is 0. The Hall–Kier alpha value is -1.55. The van der Waals surface area contributed by atoms with Crippen LogP contribution < -0.4 is 4.90 Å². The van der Waals surface area contributed by atoms with Crippen LogP contribution in [0.1, 0.15) is 6.92 Å². The number of rotatable bonds is 7. The molecule has 4 heteroatoms. The molecule has 0 saturated heterocycles. The van der Waals surface area contributed by atoms with Gasteiger partial charge in [0.2, 0.25) is 0 Å². The molecule has 0 saturated carbocycles. The van der Waals surface area contributed by atoms with Crippen molar-refractivity contribution >= 4 is 11.7 Å². The van der Waals surface area contributed by atoms with E-state index in [0.717, 1.165) is 5.69 Å². The molecule has 0 radical (unpaired) electrons. The first-order chi connectivity index (χ1) is 8.13. The number of carbonyl (C=O) groups is 1. The van der Waals surface area contributed by atoms with Crippen LogP contribution in [0, 0.1) is 5.92 Å². The third-order valence-electron chi connectivity index (χ3n) is 2.43. The first-order valence-corrected chi connectivity index (χ1v) is 5.64. The summed E-state index contributed by atoms with van der Waals surface area (Å²) >= 11 is 0. The molecule has 0 aliphatic carbocycles. The smallest absolute Gasteiger partial charge is 0.323 e. The maximum absolute atomic E-state index is 10.8. The Labute approximate surface area is 102 Å². The van der Waals surface area contributed by atoms with Crippen molar-refractivity contribution in [2.24, 2.45) is 5.92 Å². The Balaban J connectivity index is 2.70. The van der Waals surface area contributed by atoms with Gasteiger partial charge in [-0.1, -0.05) is 25.1 Å². The standard InChI is InChI=1S/C13H19NO3/c1-11(10-17-2)8-14(9-13(15)16)12-6-4-3-5-7-12/h3-7,11H,8-10H2,1-2H3,(H,15,16). The topological polar surface area (TPSA) is 49.8 Å². The fraction of sp³-hybridized carbons (Fsp3) is 0.462. The van der Waals surface area contributed by atoms with Gasteiger partial charge in [-0.25, -0.2) is 0 Å². The zero-order valence-corrected chi connectivity index (χ0v) is 10.3. The molecule has 1 N–H and O–H groups in total. The first-order valence-electron chi connectivity index (χ1n) is 5.64. The summed E-state index contributed by atoms with van der Waals surface area (Å²) in [7, 11) is 1.65. The highest BCUT2D eigenvalue weighted by atomic mass is 16.5. The van der Waals surface area contributed by atoms with E-state index in [-0.39, 0.29) is 6.54 Å². The summed E-state index contributed by atoms with van der Waals surface area (Å²) in [6.45, 7) is 3.35. The Morgan fingerprint density at radius 3 is 2.59 bits per heavy atom. The van der Waals surface area contributed by atoms with Crippen LogP contribution in [0.25, 0.3) is 0 Å². The predicted octanol–water partition coefficient (Wildman–Crippen LogP) is 1.86. The van der Waals surface area contributed by atoms with E-state index in [2.05, 4.69) is 0 Å². The monoisotopic (exact) mass is 237 g/mol. The SMILES string of the molecule is COCC(C)CN(CC(=O)O)c1ccccc1. The second-order valence-corrected chi connectivity index (χ2v) is 4.17. The van der Waals surface area contributed by atoms with Crippen LogP contribution in [0.2, 0.25) is 0 Å². The lowest BCUT2D eigenvalue weighted by Crippen LogP contribution is -2.34. The van der Waals surface area contributed by atoms with Crippen molar-refractivity contribution in [3.05, 3.63) is 30.3 Å². The van der Waals surface area contributed by atoms with E-state index in [1.54, 1.807) is 7.11 Å². The van der Waals surface area contributed by atoms with Gasteiger partial charge in [0.25, 0.3) is 0 Å². The van der Waals surface area contributed by atoms with E-state index >= 15 is 0 Å². The van der Waals surface area contributed by atoms with Crippen molar-refractivity contribution in [3.8, 4) is 0 Å². The Morgan fingerprint density at radius 1 is 1.41 bits per heavy atom. The number of benzene rings is 1. The van der Waals surface area contributed by atoms with Crippen molar-refractivity contribution in [1.82, 2.24) is 0 Å². The van der Waals surface area contributed by atoms with E-state index in [1.807, 2.05) is 42.2 Å². The molecule has 0 heterocycles. The van der Waals surface area contributed by atoms with Crippen molar-refractivity contribution < 1.29 is 14.6 Å². The van der Waals surface area contributed by atoms with Crippen LogP contribution in [0.4, 0.5) is 5.69 Å². The molecule has 0 aliphatic rings. The molecule has 4 nitrogen and oxygen atoms in total. The minimum atomic E-state index is -0.821. The van der Waals surface area contributed by atoms with Gasteiger partial charge in [-0.15, -0.1) is 0 Å². The number of methoxy groups -OCH3 is 1. The van der Waals surface area contributed by atoms with Gasteiger partial charge in [0.15, 0.2) is 0 Å². The number of hydrogen-bond acceptors (Lipinski definition) is 3. The van der Waals surface area contributed by atoms with Gasteiger partial charge in [-0.05, 0) is 18.1 Å². The molecule has 0 aliphatic heterocycles. The molecule has 0 fully saturated rings. The third kappa shape index (κ3) is 4.87. The summed E-state index contributed by atoms with van der Waals surface area (Å²) in [5, 5.41) is 8.92. The van der Waals surface area contributed by atoms with Crippen molar-refractivity contribution in [3.63, 3.8) is 0 Å². The highest BCUT2D eigenvalue weighted by Gasteiger charge is 2.13. The number of carboxylic acids is 1. The molecule has 1 aromatic rings. The van der Waals surface area contributed by atoms with Gasteiger partial charge in [-0.2, -0.15) is 0 Å². The van der Waals surface area contributed by atoms with E-state index in [9.17, 15) is 4.79 Å². The molecule has 1 atom stereocenters. The van der Waals surface area contributed by atoms with Gasteiger partial charge in [-0.3, -0.25) is 4.79 Å². The Kier molecular flexibility index (Phi) is 5.49. The highest BCUT2D eigenvalue weighted by Crippen LogP contribution is 2.14. The first kappa shape index (κ1) is 13.5. The Bertz CT molecular complexity index is 340. The van der Waals surface area contributed by atoms with Crippen molar-refractivity contribution in [2.75, 3.05) is 31.7 Å². The zero-order valence-electron chi connectivity index (χ0n) is 10.3. The number of ether oxygens (including phenoxy) is 1. The van der Waals surface area contributed by atoms with E-state index in [0.29, 0.717) is 19.1 Å². The number of para-hydroxylation sites is 1. The van der Waals surface area contributed by atoms with Crippen LogP contribution in [-0.2, 0) is 9.53 Å². The largest absolute Gasteiger partial charge is 0.480 e. The van der Waals surface area contributed by atoms with Gasteiger partial charge in [0.05, 0.1) is 6.61 Å². The van der Waals surface area contributed by atoms with Crippen LogP contribution >= 0.6 is 0 Å². The molecule has 0 spiro atoms. The lowest BCUT2D eigenvalue weighted by Gasteiger charge is -2.26. The summed E-state index contributed by atoms with van der Waals surface area (Å²) in [4.78, 5) is 12.7. The van der Waals surface area contributed by atoms with Gasteiger partial charge >= 0.3 is 5.97 Å². The molecule has 0 bridgehead atoms. The predicted molar refractivity (Wildman–Crippen MR) is 67.3 cm³/mol. The summed E-state index contributed by atoms with van der Waals surface area (Å²) < 4.78 is 5.07. The molecule has 0 aromatic heterocycles. The fourth-order valence-electron chi connectivity index (χ4n) is 1.78. The third-order valence-corrected chi connectivity index (χ3v) is 2.43. The Morgan fingerprint density at radius 2 is 2.06 bits per heavy atom. The van der Waals surface area contributed by atoms with E-state index in [1.165, 1.54) is 0 Å². The minimum Gasteiger partial charge on any atom is -0.480 e. The molecule has 17 heavy (non-hydrogen) atoms. The van der Waals surface area contributed by atoms with Crippen LogP contribution in [0.15, 0.2) is 30.3 Å².